The summed E-state index contributed by atoms with van der Waals surface area (Å²) in [7, 11) is 1.68. The molecule has 92 valence electrons. The van der Waals surface area contributed by atoms with E-state index < -0.39 is 11.9 Å². The van der Waals surface area contributed by atoms with Crippen LogP contribution in [0.2, 0.25) is 0 Å². The predicted octanol–water partition coefficient (Wildman–Crippen LogP) is 0.434. The van der Waals surface area contributed by atoms with Gasteiger partial charge < -0.3 is 14.4 Å². The zero-order valence-electron chi connectivity index (χ0n) is 9.90. The molecule has 1 aliphatic heterocycles. The summed E-state index contributed by atoms with van der Waals surface area (Å²) in [5, 5.41) is 0. The van der Waals surface area contributed by atoms with Gasteiger partial charge in [0.25, 0.3) is 0 Å². The van der Waals surface area contributed by atoms with Gasteiger partial charge in [-0.25, -0.2) is 4.79 Å². The van der Waals surface area contributed by atoms with E-state index in [0.29, 0.717) is 19.0 Å². The quantitative estimate of drug-likeness (QED) is 0.520. The minimum atomic E-state index is -0.743. The molecule has 0 saturated carbocycles. The number of nitrogens with zero attached hydrogens (tertiary/aromatic N) is 1. The van der Waals surface area contributed by atoms with Gasteiger partial charge in [0, 0.05) is 26.8 Å². The molecule has 1 heterocycles. The summed E-state index contributed by atoms with van der Waals surface area (Å²) in [6.45, 7) is 3.89. The zero-order valence-corrected chi connectivity index (χ0v) is 9.90. The second-order valence-electron chi connectivity index (χ2n) is 3.91. The summed E-state index contributed by atoms with van der Waals surface area (Å²) >= 11 is 0. The van der Waals surface area contributed by atoms with Gasteiger partial charge in [0.1, 0.15) is 0 Å². The zero-order chi connectivity index (χ0) is 12.0. The average molecular weight is 229 g/mol. The van der Waals surface area contributed by atoms with Gasteiger partial charge in [-0.3, -0.25) is 4.79 Å². The molecule has 16 heavy (non-hydrogen) atoms. The maximum absolute atomic E-state index is 11.6. The van der Waals surface area contributed by atoms with Crippen LogP contribution in [0.25, 0.3) is 0 Å². The van der Waals surface area contributed by atoms with Crippen molar-refractivity contribution in [3.63, 3.8) is 0 Å². The number of ether oxygens (including phenoxy) is 2. The molecular formula is C11H19NO4. The fourth-order valence-electron chi connectivity index (χ4n) is 1.86. The van der Waals surface area contributed by atoms with Crippen molar-refractivity contribution in [2.45, 2.75) is 19.8 Å². The van der Waals surface area contributed by atoms with E-state index in [9.17, 15) is 9.59 Å². The van der Waals surface area contributed by atoms with Gasteiger partial charge in [-0.1, -0.05) is 0 Å². The molecule has 1 fully saturated rings. The molecule has 1 amide bonds. The molecule has 5 heteroatoms. The first-order valence-electron chi connectivity index (χ1n) is 5.64. The molecule has 1 rings (SSSR count). The molecule has 0 atom stereocenters. The van der Waals surface area contributed by atoms with Crippen molar-refractivity contribution in [1.82, 2.24) is 4.90 Å². The van der Waals surface area contributed by atoms with Gasteiger partial charge in [-0.15, -0.1) is 0 Å². The fourth-order valence-corrected chi connectivity index (χ4v) is 1.86. The van der Waals surface area contributed by atoms with Crippen LogP contribution < -0.4 is 0 Å². The molecule has 0 aliphatic carbocycles. The number of carbonyl (C=O) groups is 2. The second kappa shape index (κ2) is 6.48. The third kappa shape index (κ3) is 3.48. The molecule has 0 aromatic carbocycles. The van der Waals surface area contributed by atoms with Crippen LogP contribution in [-0.2, 0) is 19.1 Å². The fraction of sp³-hybridized carbons (Fsp3) is 0.818. The van der Waals surface area contributed by atoms with Gasteiger partial charge in [0.15, 0.2) is 0 Å². The molecular weight excluding hydrogens is 210 g/mol. The lowest BCUT2D eigenvalue weighted by Crippen LogP contribution is -2.43. The first kappa shape index (κ1) is 13.0. The number of esters is 1. The Labute approximate surface area is 95.7 Å². The van der Waals surface area contributed by atoms with Crippen molar-refractivity contribution in [3.05, 3.63) is 0 Å². The molecule has 0 aromatic heterocycles. The first-order chi connectivity index (χ1) is 7.69. The van der Waals surface area contributed by atoms with E-state index in [1.165, 1.54) is 0 Å². The van der Waals surface area contributed by atoms with Crippen LogP contribution in [0.4, 0.5) is 0 Å². The van der Waals surface area contributed by atoms with Crippen LogP contribution in [-0.4, -0.2) is 50.2 Å². The number of likely N-dealkylation sites (tertiary alicyclic amines) is 1. The molecule has 0 radical (unpaired) electrons. The highest BCUT2D eigenvalue weighted by Crippen LogP contribution is 2.17. The highest BCUT2D eigenvalue weighted by Gasteiger charge is 2.27. The van der Waals surface area contributed by atoms with Gasteiger partial charge in [-0.05, 0) is 25.7 Å². The summed E-state index contributed by atoms with van der Waals surface area (Å²) in [6.07, 6.45) is 1.78. The van der Waals surface area contributed by atoms with Crippen LogP contribution in [0, 0.1) is 5.92 Å². The van der Waals surface area contributed by atoms with Crippen molar-refractivity contribution in [1.29, 1.82) is 0 Å². The summed E-state index contributed by atoms with van der Waals surface area (Å²) < 4.78 is 9.74. The van der Waals surface area contributed by atoms with Gasteiger partial charge in [0.05, 0.1) is 6.61 Å². The lowest BCUT2D eigenvalue weighted by Gasteiger charge is -2.30. The molecule has 5 nitrogen and oxygen atoms in total. The van der Waals surface area contributed by atoms with Crippen molar-refractivity contribution in [2.24, 2.45) is 5.92 Å². The smallest absolute Gasteiger partial charge is 0.397 e. The number of amides is 1. The molecule has 0 N–H and O–H groups in total. The summed E-state index contributed by atoms with van der Waals surface area (Å²) in [5.74, 6) is -0.762. The normalized spacial score (nSPS) is 17.2. The number of rotatable bonds is 3. The van der Waals surface area contributed by atoms with E-state index in [0.717, 1.165) is 19.4 Å². The third-order valence-electron chi connectivity index (χ3n) is 2.75. The maximum atomic E-state index is 11.6. The summed E-state index contributed by atoms with van der Waals surface area (Å²) in [6, 6.07) is 0. The lowest BCUT2D eigenvalue weighted by atomic mass is 9.98. The van der Waals surface area contributed by atoms with Crippen LogP contribution in [0.3, 0.4) is 0 Å². The monoisotopic (exact) mass is 229 g/mol. The second-order valence-corrected chi connectivity index (χ2v) is 3.91. The van der Waals surface area contributed by atoms with E-state index >= 15 is 0 Å². The van der Waals surface area contributed by atoms with E-state index in [-0.39, 0.29) is 6.61 Å². The maximum Gasteiger partial charge on any atom is 0.397 e. The SMILES string of the molecule is CCOC(=O)C(=O)N1CCC(COC)CC1. The molecule has 0 aromatic rings. The molecule has 1 saturated heterocycles. The number of methoxy groups -OCH3 is 1. The van der Waals surface area contributed by atoms with Gasteiger partial charge in [-0.2, -0.15) is 0 Å². The van der Waals surface area contributed by atoms with E-state index in [2.05, 4.69) is 4.74 Å². The highest BCUT2D eigenvalue weighted by atomic mass is 16.5. The number of piperidine rings is 1. The largest absolute Gasteiger partial charge is 0.459 e. The molecule has 1 aliphatic rings. The van der Waals surface area contributed by atoms with Crippen LogP contribution in [0.5, 0.6) is 0 Å². The van der Waals surface area contributed by atoms with Crippen molar-refractivity contribution >= 4 is 11.9 Å². The molecule has 0 spiro atoms. The topological polar surface area (TPSA) is 55.8 Å². The summed E-state index contributed by atoms with van der Waals surface area (Å²) in [4.78, 5) is 24.3. The Bertz CT molecular complexity index is 246. The Morgan fingerprint density at radius 3 is 2.44 bits per heavy atom. The minimum absolute atomic E-state index is 0.241. The van der Waals surface area contributed by atoms with Crippen LogP contribution in [0.1, 0.15) is 19.8 Å². The Morgan fingerprint density at radius 2 is 1.94 bits per heavy atom. The van der Waals surface area contributed by atoms with Gasteiger partial charge >= 0.3 is 11.9 Å². The van der Waals surface area contributed by atoms with Crippen LogP contribution >= 0.6 is 0 Å². The molecule has 0 bridgehead atoms. The third-order valence-corrected chi connectivity index (χ3v) is 2.75. The Balaban J connectivity index is 2.35. The molecule has 0 unspecified atom stereocenters. The Kier molecular flexibility index (Phi) is 5.25. The number of carbonyl (C=O) groups excluding carboxylic acids is 2. The lowest BCUT2D eigenvalue weighted by molar-refractivity contribution is -0.160. The van der Waals surface area contributed by atoms with Crippen LogP contribution in [0.15, 0.2) is 0 Å². The number of hydrogen-bond acceptors (Lipinski definition) is 4. The van der Waals surface area contributed by atoms with Crippen molar-refractivity contribution in [2.75, 3.05) is 33.4 Å². The van der Waals surface area contributed by atoms with Crippen molar-refractivity contribution < 1.29 is 19.1 Å². The average Bonchev–Trinajstić information content (AvgIpc) is 2.30. The Morgan fingerprint density at radius 1 is 1.31 bits per heavy atom. The van der Waals surface area contributed by atoms with Crippen molar-refractivity contribution in [3.8, 4) is 0 Å². The predicted molar refractivity (Wildman–Crippen MR) is 57.8 cm³/mol. The van der Waals surface area contributed by atoms with E-state index in [1.54, 1.807) is 18.9 Å². The van der Waals surface area contributed by atoms with E-state index in [4.69, 9.17) is 4.74 Å². The standard InChI is InChI=1S/C11H19NO4/c1-3-16-11(14)10(13)12-6-4-9(5-7-12)8-15-2/h9H,3-8H2,1-2H3. The minimum Gasteiger partial charge on any atom is -0.459 e. The Hall–Kier alpha value is -1.10. The number of hydrogen-bond donors (Lipinski definition) is 0. The first-order valence-corrected chi connectivity index (χ1v) is 5.64. The van der Waals surface area contributed by atoms with Gasteiger partial charge in [0.2, 0.25) is 0 Å². The summed E-state index contributed by atoms with van der Waals surface area (Å²) in [5.41, 5.74) is 0. The highest BCUT2D eigenvalue weighted by molar-refractivity contribution is 6.32. The van der Waals surface area contributed by atoms with E-state index in [1.807, 2.05) is 0 Å².